The van der Waals surface area contributed by atoms with Gasteiger partial charge >= 0.3 is 0 Å². The standard InChI is InChI=1S/C15H23BrO.C2H6/c1-3-5-6-13(4-2)12-17-15-9-7-14(11-16)8-10-15;1-2/h7-10,13H,3-6,11-12H2,1-2H3;1-2H3. The van der Waals surface area contributed by atoms with Crippen LogP contribution < -0.4 is 4.74 Å². The molecule has 1 unspecified atom stereocenters. The summed E-state index contributed by atoms with van der Waals surface area (Å²) in [6.07, 6.45) is 5.08. The van der Waals surface area contributed by atoms with Crippen LogP contribution in [-0.2, 0) is 5.33 Å². The summed E-state index contributed by atoms with van der Waals surface area (Å²) in [6, 6.07) is 8.33. The van der Waals surface area contributed by atoms with Gasteiger partial charge in [0.05, 0.1) is 6.61 Å². The van der Waals surface area contributed by atoms with E-state index in [2.05, 4.69) is 54.0 Å². The van der Waals surface area contributed by atoms with Crippen molar-refractivity contribution in [3.05, 3.63) is 29.8 Å². The molecular formula is C17H29BrO. The Hall–Kier alpha value is -0.500. The number of halogens is 1. The van der Waals surface area contributed by atoms with Gasteiger partial charge in [0.1, 0.15) is 5.75 Å². The number of ether oxygens (including phenoxy) is 1. The molecule has 0 fully saturated rings. The van der Waals surface area contributed by atoms with E-state index in [9.17, 15) is 0 Å². The van der Waals surface area contributed by atoms with Gasteiger partial charge in [-0.3, -0.25) is 0 Å². The van der Waals surface area contributed by atoms with Crippen LogP contribution in [0.15, 0.2) is 24.3 Å². The Balaban J connectivity index is 0.00000154. The van der Waals surface area contributed by atoms with Gasteiger partial charge in [0.15, 0.2) is 0 Å². The Labute approximate surface area is 127 Å². The Morgan fingerprint density at radius 3 is 2.21 bits per heavy atom. The summed E-state index contributed by atoms with van der Waals surface area (Å²) in [5.41, 5.74) is 1.29. The molecule has 1 rings (SSSR count). The van der Waals surface area contributed by atoms with Crippen LogP contribution in [0, 0.1) is 5.92 Å². The van der Waals surface area contributed by atoms with E-state index in [4.69, 9.17) is 4.74 Å². The minimum atomic E-state index is 0.700. The lowest BCUT2D eigenvalue weighted by Gasteiger charge is -2.15. The quantitative estimate of drug-likeness (QED) is 0.516. The molecule has 1 aromatic rings. The number of unbranched alkanes of at least 4 members (excludes halogenated alkanes) is 1. The van der Waals surface area contributed by atoms with Crippen molar-refractivity contribution in [3.8, 4) is 5.75 Å². The van der Waals surface area contributed by atoms with Crippen molar-refractivity contribution in [2.24, 2.45) is 5.92 Å². The molecule has 110 valence electrons. The lowest BCUT2D eigenvalue weighted by atomic mass is 10.0. The third-order valence-corrected chi connectivity index (χ3v) is 3.75. The predicted octanol–water partition coefficient (Wildman–Crippen LogP) is 6.20. The Bertz CT molecular complexity index is 295. The molecule has 0 aromatic heterocycles. The van der Waals surface area contributed by atoms with Crippen molar-refractivity contribution in [1.29, 1.82) is 0 Å². The molecule has 0 aliphatic heterocycles. The second-order valence-electron chi connectivity index (χ2n) is 4.51. The highest BCUT2D eigenvalue weighted by molar-refractivity contribution is 9.08. The van der Waals surface area contributed by atoms with Gasteiger partial charge in [0.2, 0.25) is 0 Å². The van der Waals surface area contributed by atoms with E-state index < -0.39 is 0 Å². The zero-order chi connectivity index (χ0) is 14.5. The molecular weight excluding hydrogens is 300 g/mol. The summed E-state index contributed by atoms with van der Waals surface area (Å²) in [6.45, 7) is 9.34. The molecule has 0 bridgehead atoms. The van der Waals surface area contributed by atoms with E-state index >= 15 is 0 Å². The minimum absolute atomic E-state index is 0.700. The highest BCUT2D eigenvalue weighted by atomic mass is 79.9. The largest absolute Gasteiger partial charge is 0.493 e. The number of rotatable bonds is 8. The van der Waals surface area contributed by atoms with E-state index in [0.29, 0.717) is 5.92 Å². The maximum absolute atomic E-state index is 5.84. The van der Waals surface area contributed by atoms with Crippen LogP contribution in [-0.4, -0.2) is 6.61 Å². The average Bonchev–Trinajstić information content (AvgIpc) is 2.50. The summed E-state index contributed by atoms with van der Waals surface area (Å²) in [7, 11) is 0. The van der Waals surface area contributed by atoms with Crippen LogP contribution in [0.5, 0.6) is 5.75 Å². The summed E-state index contributed by atoms with van der Waals surface area (Å²) < 4.78 is 5.84. The summed E-state index contributed by atoms with van der Waals surface area (Å²) in [5, 5.41) is 0.904. The number of alkyl halides is 1. The molecule has 1 aromatic carbocycles. The zero-order valence-electron chi connectivity index (χ0n) is 12.9. The molecule has 0 aliphatic rings. The zero-order valence-corrected chi connectivity index (χ0v) is 14.5. The second kappa shape index (κ2) is 12.5. The summed E-state index contributed by atoms with van der Waals surface area (Å²) >= 11 is 3.44. The Morgan fingerprint density at radius 2 is 1.74 bits per heavy atom. The lowest BCUT2D eigenvalue weighted by Crippen LogP contribution is -2.11. The maximum Gasteiger partial charge on any atom is 0.119 e. The molecule has 0 saturated carbocycles. The highest BCUT2D eigenvalue weighted by Gasteiger charge is 2.06. The van der Waals surface area contributed by atoms with Crippen molar-refractivity contribution < 1.29 is 4.74 Å². The molecule has 0 spiro atoms. The van der Waals surface area contributed by atoms with Crippen LogP contribution in [0.2, 0.25) is 0 Å². The van der Waals surface area contributed by atoms with Gasteiger partial charge in [-0.2, -0.15) is 0 Å². The Morgan fingerprint density at radius 1 is 1.11 bits per heavy atom. The fourth-order valence-electron chi connectivity index (χ4n) is 1.79. The number of hydrogen-bond donors (Lipinski definition) is 0. The summed E-state index contributed by atoms with van der Waals surface area (Å²) in [5.74, 6) is 1.69. The van der Waals surface area contributed by atoms with Crippen LogP contribution in [0.3, 0.4) is 0 Å². The molecule has 0 saturated heterocycles. The first-order valence-corrected chi connectivity index (χ1v) is 8.70. The van der Waals surface area contributed by atoms with E-state index in [0.717, 1.165) is 17.7 Å². The van der Waals surface area contributed by atoms with Gasteiger partial charge in [-0.05, 0) is 30.0 Å². The monoisotopic (exact) mass is 328 g/mol. The molecule has 0 radical (unpaired) electrons. The van der Waals surface area contributed by atoms with Gasteiger partial charge in [0.25, 0.3) is 0 Å². The van der Waals surface area contributed by atoms with E-state index in [1.807, 2.05) is 13.8 Å². The fraction of sp³-hybridized carbons (Fsp3) is 0.647. The first kappa shape index (κ1) is 18.5. The number of benzene rings is 1. The SMILES string of the molecule is CC.CCCCC(CC)COc1ccc(CBr)cc1. The van der Waals surface area contributed by atoms with E-state index in [1.54, 1.807) is 0 Å². The smallest absolute Gasteiger partial charge is 0.119 e. The maximum atomic E-state index is 5.84. The van der Waals surface area contributed by atoms with Gasteiger partial charge in [0, 0.05) is 5.33 Å². The van der Waals surface area contributed by atoms with Crippen LogP contribution in [0.4, 0.5) is 0 Å². The third kappa shape index (κ3) is 8.30. The topological polar surface area (TPSA) is 9.23 Å². The van der Waals surface area contributed by atoms with Gasteiger partial charge in [-0.25, -0.2) is 0 Å². The molecule has 1 nitrogen and oxygen atoms in total. The van der Waals surface area contributed by atoms with Crippen molar-refractivity contribution >= 4 is 15.9 Å². The fourth-order valence-corrected chi connectivity index (χ4v) is 2.16. The Kier molecular flexibility index (Phi) is 12.2. The number of hydrogen-bond acceptors (Lipinski definition) is 1. The molecule has 19 heavy (non-hydrogen) atoms. The minimum Gasteiger partial charge on any atom is -0.493 e. The molecule has 0 amide bonds. The van der Waals surface area contributed by atoms with Crippen LogP contribution in [0.25, 0.3) is 0 Å². The molecule has 0 N–H and O–H groups in total. The van der Waals surface area contributed by atoms with E-state index in [-0.39, 0.29) is 0 Å². The average molecular weight is 329 g/mol. The van der Waals surface area contributed by atoms with Gasteiger partial charge in [-0.15, -0.1) is 0 Å². The summed E-state index contributed by atoms with van der Waals surface area (Å²) in [4.78, 5) is 0. The normalized spacial score (nSPS) is 11.4. The first-order chi connectivity index (χ1) is 9.30. The van der Waals surface area contributed by atoms with Crippen molar-refractivity contribution in [2.45, 2.75) is 58.7 Å². The van der Waals surface area contributed by atoms with Crippen molar-refractivity contribution in [1.82, 2.24) is 0 Å². The van der Waals surface area contributed by atoms with Crippen LogP contribution in [0.1, 0.15) is 58.9 Å². The van der Waals surface area contributed by atoms with Gasteiger partial charge < -0.3 is 4.74 Å². The molecule has 1 atom stereocenters. The van der Waals surface area contributed by atoms with Crippen molar-refractivity contribution in [2.75, 3.05) is 6.61 Å². The second-order valence-corrected chi connectivity index (χ2v) is 5.07. The predicted molar refractivity (Wildman–Crippen MR) is 89.2 cm³/mol. The molecule has 2 heteroatoms. The molecule has 0 heterocycles. The lowest BCUT2D eigenvalue weighted by molar-refractivity contribution is 0.233. The highest BCUT2D eigenvalue weighted by Crippen LogP contribution is 2.18. The third-order valence-electron chi connectivity index (χ3n) is 3.11. The molecule has 0 aliphatic carbocycles. The van der Waals surface area contributed by atoms with Crippen LogP contribution >= 0.6 is 15.9 Å². The van der Waals surface area contributed by atoms with Gasteiger partial charge in [-0.1, -0.05) is 75.0 Å². The van der Waals surface area contributed by atoms with E-state index in [1.165, 1.54) is 31.2 Å². The first-order valence-electron chi connectivity index (χ1n) is 7.57. The van der Waals surface area contributed by atoms with Crippen molar-refractivity contribution in [3.63, 3.8) is 0 Å².